The van der Waals surface area contributed by atoms with Crippen LogP contribution in [-0.2, 0) is 0 Å². The third-order valence-electron chi connectivity index (χ3n) is 2.01. The second-order valence-electron chi connectivity index (χ2n) is 2.92. The number of rotatable bonds is 3. The predicted molar refractivity (Wildman–Crippen MR) is 60.9 cm³/mol. The van der Waals surface area contributed by atoms with E-state index in [0.717, 1.165) is 6.29 Å². The van der Waals surface area contributed by atoms with Crippen LogP contribution in [0.4, 0.5) is 0 Å². The highest BCUT2D eigenvalue weighted by Crippen LogP contribution is 2.29. The summed E-state index contributed by atoms with van der Waals surface area (Å²) in [5.74, 6) is 6.54. The molecule has 0 fully saturated rings. The molecule has 84 valence electrons. The molecule has 0 atom stereocenters. The van der Waals surface area contributed by atoms with E-state index in [0.29, 0.717) is 22.6 Å². The van der Waals surface area contributed by atoms with Crippen LogP contribution >= 0.6 is 0 Å². The summed E-state index contributed by atoms with van der Waals surface area (Å²) in [6.45, 7) is 0.243. The molecule has 2 N–H and O–H groups in total. The van der Waals surface area contributed by atoms with Gasteiger partial charge >= 0.3 is 0 Å². The number of carbonyl (C=O) groups is 1. The topological polar surface area (TPSA) is 61.5 Å². The number of methoxy groups -OCH3 is 2. The fourth-order valence-corrected chi connectivity index (χ4v) is 1.25. The molecule has 0 bridgehead atoms. The molecule has 0 aromatic heterocycles. The summed E-state index contributed by atoms with van der Waals surface area (Å²) in [4.78, 5) is 10.9. The Kier molecular flexibility index (Phi) is 4.37. The predicted octanol–water partition coefficient (Wildman–Crippen LogP) is 0.827. The van der Waals surface area contributed by atoms with Crippen molar-refractivity contribution in [1.82, 2.24) is 0 Å². The first-order chi connectivity index (χ1) is 7.76. The van der Waals surface area contributed by atoms with Crippen molar-refractivity contribution >= 4 is 6.29 Å². The first-order valence-electron chi connectivity index (χ1n) is 4.67. The van der Waals surface area contributed by atoms with E-state index in [1.807, 2.05) is 0 Å². The maximum atomic E-state index is 10.9. The molecule has 0 saturated heterocycles. The van der Waals surface area contributed by atoms with Crippen LogP contribution in [0, 0.1) is 11.8 Å². The molecule has 0 aliphatic carbocycles. The number of benzene rings is 1. The van der Waals surface area contributed by atoms with E-state index in [9.17, 15) is 4.79 Å². The van der Waals surface area contributed by atoms with Gasteiger partial charge in [-0.2, -0.15) is 0 Å². The molecule has 16 heavy (non-hydrogen) atoms. The highest BCUT2D eigenvalue weighted by atomic mass is 16.5. The van der Waals surface area contributed by atoms with E-state index in [2.05, 4.69) is 11.8 Å². The summed E-state index contributed by atoms with van der Waals surface area (Å²) in [6, 6.07) is 3.25. The maximum Gasteiger partial charge on any atom is 0.162 e. The SMILES string of the molecule is COc1cc(C#CCN)c(C=O)cc1OC. The largest absolute Gasteiger partial charge is 0.493 e. The number of hydrogen-bond donors (Lipinski definition) is 1. The molecule has 1 rings (SSSR count). The van der Waals surface area contributed by atoms with Crippen LogP contribution in [0.25, 0.3) is 0 Å². The second kappa shape index (κ2) is 5.79. The number of ether oxygens (including phenoxy) is 2. The first-order valence-corrected chi connectivity index (χ1v) is 4.67. The summed E-state index contributed by atoms with van der Waals surface area (Å²) >= 11 is 0. The van der Waals surface area contributed by atoms with Gasteiger partial charge in [0.25, 0.3) is 0 Å². The van der Waals surface area contributed by atoms with Crippen LogP contribution in [-0.4, -0.2) is 27.1 Å². The van der Waals surface area contributed by atoms with Gasteiger partial charge in [-0.05, 0) is 6.07 Å². The molecule has 0 saturated carbocycles. The number of aldehydes is 1. The molecule has 0 unspecified atom stereocenters. The lowest BCUT2D eigenvalue weighted by atomic mass is 10.1. The van der Waals surface area contributed by atoms with Crippen molar-refractivity contribution in [2.45, 2.75) is 0 Å². The lowest BCUT2D eigenvalue weighted by Crippen LogP contribution is -1.97. The van der Waals surface area contributed by atoms with Crippen LogP contribution in [0.1, 0.15) is 15.9 Å². The van der Waals surface area contributed by atoms with E-state index < -0.39 is 0 Å². The molecule has 0 aliphatic heterocycles. The fourth-order valence-electron chi connectivity index (χ4n) is 1.25. The Bertz CT molecular complexity index is 444. The van der Waals surface area contributed by atoms with Gasteiger partial charge in [0.15, 0.2) is 17.8 Å². The summed E-state index contributed by atoms with van der Waals surface area (Å²) in [6.07, 6.45) is 0.725. The van der Waals surface area contributed by atoms with E-state index in [4.69, 9.17) is 15.2 Å². The number of nitrogens with two attached hydrogens (primary N) is 1. The zero-order valence-electron chi connectivity index (χ0n) is 9.24. The minimum Gasteiger partial charge on any atom is -0.493 e. The summed E-state index contributed by atoms with van der Waals surface area (Å²) < 4.78 is 10.2. The Hall–Kier alpha value is -1.99. The Morgan fingerprint density at radius 3 is 2.44 bits per heavy atom. The van der Waals surface area contributed by atoms with Gasteiger partial charge in [-0.1, -0.05) is 11.8 Å². The van der Waals surface area contributed by atoms with Crippen molar-refractivity contribution in [3.05, 3.63) is 23.3 Å². The lowest BCUT2D eigenvalue weighted by Gasteiger charge is -2.09. The van der Waals surface area contributed by atoms with Crippen LogP contribution in [0.5, 0.6) is 11.5 Å². The van der Waals surface area contributed by atoms with Gasteiger partial charge < -0.3 is 15.2 Å². The molecule has 1 aromatic rings. The Balaban J connectivity index is 3.31. The highest BCUT2D eigenvalue weighted by molar-refractivity contribution is 5.81. The molecule has 0 radical (unpaired) electrons. The van der Waals surface area contributed by atoms with Crippen LogP contribution in [0.3, 0.4) is 0 Å². The Morgan fingerprint density at radius 1 is 1.31 bits per heavy atom. The Morgan fingerprint density at radius 2 is 1.94 bits per heavy atom. The van der Waals surface area contributed by atoms with Gasteiger partial charge in [0.2, 0.25) is 0 Å². The van der Waals surface area contributed by atoms with Gasteiger partial charge in [0.05, 0.1) is 20.8 Å². The van der Waals surface area contributed by atoms with Gasteiger partial charge in [-0.15, -0.1) is 0 Å². The zero-order chi connectivity index (χ0) is 12.0. The van der Waals surface area contributed by atoms with Crippen molar-refractivity contribution in [2.75, 3.05) is 20.8 Å². The lowest BCUT2D eigenvalue weighted by molar-refractivity contribution is 0.112. The maximum absolute atomic E-state index is 10.9. The average Bonchev–Trinajstić information content (AvgIpc) is 2.35. The summed E-state index contributed by atoms with van der Waals surface area (Å²) in [5, 5.41) is 0. The smallest absolute Gasteiger partial charge is 0.162 e. The van der Waals surface area contributed by atoms with E-state index >= 15 is 0 Å². The van der Waals surface area contributed by atoms with Gasteiger partial charge in [-0.3, -0.25) is 4.79 Å². The van der Waals surface area contributed by atoms with Gasteiger partial charge in [0, 0.05) is 17.2 Å². The first kappa shape index (κ1) is 12.1. The molecular formula is C12H13NO3. The van der Waals surface area contributed by atoms with Crippen molar-refractivity contribution in [1.29, 1.82) is 0 Å². The van der Waals surface area contributed by atoms with Crippen molar-refractivity contribution in [3.63, 3.8) is 0 Å². The fraction of sp³-hybridized carbons (Fsp3) is 0.250. The standard InChI is InChI=1S/C12H13NO3/c1-15-11-6-9(4-3-5-13)10(8-14)7-12(11)16-2/h6-8H,5,13H2,1-2H3. The van der Waals surface area contributed by atoms with Crippen molar-refractivity contribution in [2.24, 2.45) is 5.73 Å². The van der Waals surface area contributed by atoms with Crippen molar-refractivity contribution < 1.29 is 14.3 Å². The number of carbonyl (C=O) groups excluding carboxylic acids is 1. The third-order valence-corrected chi connectivity index (χ3v) is 2.01. The van der Waals surface area contributed by atoms with Crippen LogP contribution < -0.4 is 15.2 Å². The molecule has 0 heterocycles. The quantitative estimate of drug-likeness (QED) is 0.604. The minimum atomic E-state index is 0.243. The molecule has 4 nitrogen and oxygen atoms in total. The summed E-state index contributed by atoms with van der Waals surface area (Å²) in [5.41, 5.74) is 6.32. The van der Waals surface area contributed by atoms with Crippen LogP contribution in [0.15, 0.2) is 12.1 Å². The van der Waals surface area contributed by atoms with Crippen LogP contribution in [0.2, 0.25) is 0 Å². The van der Waals surface area contributed by atoms with E-state index in [1.54, 1.807) is 12.1 Å². The third kappa shape index (κ3) is 2.53. The monoisotopic (exact) mass is 219 g/mol. The number of hydrogen-bond acceptors (Lipinski definition) is 4. The average molecular weight is 219 g/mol. The molecular weight excluding hydrogens is 206 g/mol. The molecule has 0 amide bonds. The van der Waals surface area contributed by atoms with Crippen molar-refractivity contribution in [3.8, 4) is 23.3 Å². The molecule has 1 aromatic carbocycles. The van der Waals surface area contributed by atoms with Gasteiger partial charge in [0.1, 0.15) is 0 Å². The summed E-state index contributed by atoms with van der Waals surface area (Å²) in [7, 11) is 3.04. The van der Waals surface area contributed by atoms with Gasteiger partial charge in [-0.25, -0.2) is 0 Å². The molecule has 0 spiro atoms. The minimum absolute atomic E-state index is 0.243. The van der Waals surface area contributed by atoms with E-state index in [1.165, 1.54) is 14.2 Å². The Labute approximate surface area is 94.3 Å². The zero-order valence-corrected chi connectivity index (χ0v) is 9.24. The second-order valence-corrected chi connectivity index (χ2v) is 2.92. The van der Waals surface area contributed by atoms with E-state index in [-0.39, 0.29) is 6.54 Å². The normalized spacial score (nSPS) is 8.94. The molecule has 0 aliphatic rings. The molecule has 4 heteroatoms. The highest BCUT2D eigenvalue weighted by Gasteiger charge is 2.08.